The van der Waals surface area contributed by atoms with E-state index < -0.39 is 0 Å². The molecule has 0 bridgehead atoms. The highest BCUT2D eigenvalue weighted by molar-refractivity contribution is 5.94. The van der Waals surface area contributed by atoms with Crippen molar-refractivity contribution in [3.63, 3.8) is 0 Å². The second-order valence-electron chi connectivity index (χ2n) is 5.75. The third-order valence-electron chi connectivity index (χ3n) is 4.09. The van der Waals surface area contributed by atoms with Crippen molar-refractivity contribution in [1.82, 2.24) is 14.9 Å². The monoisotopic (exact) mass is 326 g/mol. The van der Waals surface area contributed by atoms with E-state index in [-0.39, 0.29) is 5.91 Å². The van der Waals surface area contributed by atoms with Gasteiger partial charge in [-0.05, 0) is 38.1 Å². The fourth-order valence-electron chi connectivity index (χ4n) is 2.80. The molecule has 0 unspecified atom stereocenters. The van der Waals surface area contributed by atoms with Crippen molar-refractivity contribution in [2.75, 3.05) is 37.7 Å². The molecule has 6 nitrogen and oxygen atoms in total. The van der Waals surface area contributed by atoms with Gasteiger partial charge in [-0.15, -0.1) is 0 Å². The van der Waals surface area contributed by atoms with Gasteiger partial charge in [0, 0.05) is 43.5 Å². The van der Waals surface area contributed by atoms with E-state index in [4.69, 9.17) is 4.74 Å². The quantitative estimate of drug-likeness (QED) is 0.861. The van der Waals surface area contributed by atoms with E-state index in [1.807, 2.05) is 49.1 Å². The summed E-state index contributed by atoms with van der Waals surface area (Å²) in [5, 5.41) is 0. The van der Waals surface area contributed by atoms with Crippen LogP contribution < -0.4 is 9.64 Å². The molecule has 0 radical (unpaired) electrons. The molecule has 0 N–H and O–H groups in total. The second-order valence-corrected chi connectivity index (χ2v) is 5.75. The molecule has 6 heteroatoms. The first-order valence-electron chi connectivity index (χ1n) is 8.23. The zero-order valence-electron chi connectivity index (χ0n) is 14.1. The summed E-state index contributed by atoms with van der Waals surface area (Å²) < 4.78 is 5.42. The van der Waals surface area contributed by atoms with Crippen molar-refractivity contribution in [3.8, 4) is 5.75 Å². The maximum atomic E-state index is 12.6. The summed E-state index contributed by atoms with van der Waals surface area (Å²) in [6, 6.07) is 9.32. The van der Waals surface area contributed by atoms with E-state index in [1.165, 1.54) is 0 Å². The zero-order valence-corrected chi connectivity index (χ0v) is 14.1. The third kappa shape index (κ3) is 3.64. The number of rotatable bonds is 4. The predicted molar refractivity (Wildman–Crippen MR) is 92.5 cm³/mol. The average molecular weight is 326 g/mol. The molecule has 0 saturated carbocycles. The lowest BCUT2D eigenvalue weighted by Gasteiger charge is -2.35. The molecule has 1 aliphatic rings. The van der Waals surface area contributed by atoms with Gasteiger partial charge in [0.1, 0.15) is 17.9 Å². The molecule has 1 fully saturated rings. The SMILES string of the molecule is CCOc1ccc(C(=O)N2CCN(c3cc(C)ncn3)CC2)cc1. The molecule has 126 valence electrons. The van der Waals surface area contributed by atoms with Crippen molar-refractivity contribution in [3.05, 3.63) is 47.9 Å². The van der Waals surface area contributed by atoms with Crippen LogP contribution >= 0.6 is 0 Å². The lowest BCUT2D eigenvalue weighted by molar-refractivity contribution is 0.0746. The number of piperazine rings is 1. The first kappa shape index (κ1) is 16.2. The number of benzene rings is 1. The highest BCUT2D eigenvalue weighted by Crippen LogP contribution is 2.17. The normalized spacial score (nSPS) is 14.6. The molecular weight excluding hydrogens is 304 g/mol. The van der Waals surface area contributed by atoms with Crippen LogP contribution in [0.1, 0.15) is 23.0 Å². The van der Waals surface area contributed by atoms with Crippen LogP contribution in [0.5, 0.6) is 5.75 Å². The summed E-state index contributed by atoms with van der Waals surface area (Å²) in [6.07, 6.45) is 1.59. The minimum atomic E-state index is 0.0663. The van der Waals surface area contributed by atoms with Crippen molar-refractivity contribution in [2.45, 2.75) is 13.8 Å². The molecule has 0 spiro atoms. The Labute approximate surface area is 142 Å². The van der Waals surface area contributed by atoms with Gasteiger partial charge in [0.25, 0.3) is 5.91 Å². The fourth-order valence-corrected chi connectivity index (χ4v) is 2.80. The van der Waals surface area contributed by atoms with Crippen LogP contribution in [-0.2, 0) is 0 Å². The Morgan fingerprint density at radius 3 is 2.46 bits per heavy atom. The number of carbonyl (C=O) groups is 1. The van der Waals surface area contributed by atoms with Crippen molar-refractivity contribution in [1.29, 1.82) is 0 Å². The Hall–Kier alpha value is -2.63. The van der Waals surface area contributed by atoms with Gasteiger partial charge in [0.2, 0.25) is 0 Å². The standard InChI is InChI=1S/C18H22N4O2/c1-3-24-16-6-4-15(5-7-16)18(23)22-10-8-21(9-11-22)17-12-14(2)19-13-20-17/h4-7,12-13H,3,8-11H2,1-2H3. The third-order valence-corrected chi connectivity index (χ3v) is 4.09. The summed E-state index contributed by atoms with van der Waals surface area (Å²) >= 11 is 0. The molecule has 2 heterocycles. The molecule has 3 rings (SSSR count). The van der Waals surface area contributed by atoms with Gasteiger partial charge in [-0.25, -0.2) is 9.97 Å². The fraction of sp³-hybridized carbons (Fsp3) is 0.389. The molecule has 1 aliphatic heterocycles. The van der Waals surface area contributed by atoms with Gasteiger partial charge in [-0.3, -0.25) is 4.79 Å². The smallest absolute Gasteiger partial charge is 0.253 e. The van der Waals surface area contributed by atoms with Crippen LogP contribution in [0.15, 0.2) is 36.7 Å². The van der Waals surface area contributed by atoms with Crippen molar-refractivity contribution >= 4 is 11.7 Å². The number of nitrogens with zero attached hydrogens (tertiary/aromatic N) is 4. The molecule has 1 aromatic carbocycles. The molecule has 2 aromatic rings. The molecule has 1 amide bonds. The summed E-state index contributed by atoms with van der Waals surface area (Å²) in [5.41, 5.74) is 1.65. The number of hydrogen-bond donors (Lipinski definition) is 0. The van der Waals surface area contributed by atoms with E-state index in [9.17, 15) is 4.79 Å². The number of ether oxygens (including phenoxy) is 1. The van der Waals surface area contributed by atoms with Crippen molar-refractivity contribution < 1.29 is 9.53 Å². The van der Waals surface area contributed by atoms with Gasteiger partial charge >= 0.3 is 0 Å². The Morgan fingerprint density at radius 2 is 1.83 bits per heavy atom. The van der Waals surface area contributed by atoms with E-state index in [1.54, 1.807) is 6.33 Å². The minimum Gasteiger partial charge on any atom is -0.494 e. The highest BCUT2D eigenvalue weighted by atomic mass is 16.5. The lowest BCUT2D eigenvalue weighted by atomic mass is 10.1. The first-order valence-corrected chi connectivity index (χ1v) is 8.23. The number of aryl methyl sites for hydroxylation is 1. The van der Waals surface area contributed by atoms with Crippen LogP contribution in [0.3, 0.4) is 0 Å². The Kier molecular flexibility index (Phi) is 4.93. The van der Waals surface area contributed by atoms with Gasteiger partial charge in [0.15, 0.2) is 0 Å². The van der Waals surface area contributed by atoms with Crippen LogP contribution in [-0.4, -0.2) is 53.6 Å². The molecule has 1 saturated heterocycles. The topological polar surface area (TPSA) is 58.6 Å². The van der Waals surface area contributed by atoms with E-state index in [0.29, 0.717) is 25.3 Å². The maximum absolute atomic E-state index is 12.6. The van der Waals surface area contributed by atoms with Crippen LogP contribution in [0.4, 0.5) is 5.82 Å². The molecule has 0 atom stereocenters. The predicted octanol–water partition coefficient (Wildman–Crippen LogP) is 2.15. The van der Waals surface area contributed by atoms with Crippen LogP contribution in [0.2, 0.25) is 0 Å². The van der Waals surface area contributed by atoms with E-state index >= 15 is 0 Å². The van der Waals surface area contributed by atoms with E-state index in [2.05, 4.69) is 14.9 Å². The number of hydrogen-bond acceptors (Lipinski definition) is 5. The average Bonchev–Trinajstić information content (AvgIpc) is 2.62. The Morgan fingerprint density at radius 1 is 1.12 bits per heavy atom. The van der Waals surface area contributed by atoms with Gasteiger partial charge < -0.3 is 14.5 Å². The van der Waals surface area contributed by atoms with Gasteiger partial charge in [0.05, 0.1) is 6.61 Å². The summed E-state index contributed by atoms with van der Waals surface area (Å²) in [4.78, 5) is 25.1. The first-order chi connectivity index (χ1) is 11.7. The highest BCUT2D eigenvalue weighted by Gasteiger charge is 2.23. The van der Waals surface area contributed by atoms with Gasteiger partial charge in [-0.2, -0.15) is 0 Å². The molecular formula is C18H22N4O2. The number of anilines is 1. The molecule has 24 heavy (non-hydrogen) atoms. The van der Waals surface area contributed by atoms with E-state index in [0.717, 1.165) is 30.4 Å². The number of amides is 1. The molecule has 1 aromatic heterocycles. The van der Waals surface area contributed by atoms with Crippen LogP contribution in [0.25, 0.3) is 0 Å². The number of carbonyl (C=O) groups excluding carboxylic acids is 1. The Bertz CT molecular complexity index is 694. The summed E-state index contributed by atoms with van der Waals surface area (Å²) in [6.45, 7) is 7.45. The summed E-state index contributed by atoms with van der Waals surface area (Å²) in [5.74, 6) is 1.78. The number of aromatic nitrogens is 2. The maximum Gasteiger partial charge on any atom is 0.253 e. The minimum absolute atomic E-state index is 0.0663. The second kappa shape index (κ2) is 7.29. The lowest BCUT2D eigenvalue weighted by Crippen LogP contribution is -2.49. The van der Waals surface area contributed by atoms with Gasteiger partial charge in [-0.1, -0.05) is 0 Å². The Balaban J connectivity index is 1.60. The zero-order chi connectivity index (χ0) is 16.9. The van der Waals surface area contributed by atoms with Crippen molar-refractivity contribution in [2.24, 2.45) is 0 Å². The summed E-state index contributed by atoms with van der Waals surface area (Å²) in [7, 11) is 0. The molecule has 0 aliphatic carbocycles. The van der Waals surface area contributed by atoms with Crippen LogP contribution in [0, 0.1) is 6.92 Å². The largest absolute Gasteiger partial charge is 0.494 e.